The predicted octanol–water partition coefficient (Wildman–Crippen LogP) is 3.69. The van der Waals surface area contributed by atoms with E-state index in [1.807, 2.05) is 42.5 Å². The number of likely N-dealkylation sites (tertiary alicyclic amines) is 1. The molecule has 1 N–H and O–H groups in total. The highest BCUT2D eigenvalue weighted by molar-refractivity contribution is 5.56. The number of ether oxygens (including phenoxy) is 1. The van der Waals surface area contributed by atoms with Crippen molar-refractivity contribution in [2.24, 2.45) is 0 Å². The molecule has 0 spiro atoms. The molecule has 0 saturated carbocycles. The summed E-state index contributed by atoms with van der Waals surface area (Å²) in [4.78, 5) is 6.74. The third-order valence-electron chi connectivity index (χ3n) is 3.92. The fourth-order valence-electron chi connectivity index (χ4n) is 2.69. The standard InChI is InChI=1S/C18H23N3O/c1-4-12-21(13-5-1)14-15-22-17-9-7-16(8-10-17)20-18-6-2-3-11-19-18/h2-3,6-11H,1,4-5,12-15H2,(H,19,20). The monoisotopic (exact) mass is 297 g/mol. The van der Waals surface area contributed by atoms with E-state index in [1.165, 1.54) is 32.4 Å². The second-order valence-corrected chi connectivity index (χ2v) is 5.62. The topological polar surface area (TPSA) is 37.4 Å². The highest BCUT2D eigenvalue weighted by Crippen LogP contribution is 2.18. The van der Waals surface area contributed by atoms with Crippen LogP contribution in [-0.2, 0) is 0 Å². The zero-order chi connectivity index (χ0) is 15.0. The Labute approximate surface area is 132 Å². The summed E-state index contributed by atoms with van der Waals surface area (Å²) in [5.74, 6) is 1.77. The zero-order valence-electron chi connectivity index (χ0n) is 12.9. The fourth-order valence-corrected chi connectivity index (χ4v) is 2.69. The molecule has 4 nitrogen and oxygen atoms in total. The smallest absolute Gasteiger partial charge is 0.130 e. The second-order valence-electron chi connectivity index (χ2n) is 5.62. The maximum atomic E-state index is 5.83. The lowest BCUT2D eigenvalue weighted by Gasteiger charge is -2.26. The molecule has 3 rings (SSSR count). The summed E-state index contributed by atoms with van der Waals surface area (Å²) in [7, 11) is 0. The van der Waals surface area contributed by atoms with Crippen molar-refractivity contribution in [3.8, 4) is 5.75 Å². The molecule has 4 heteroatoms. The van der Waals surface area contributed by atoms with Crippen LogP contribution < -0.4 is 10.1 Å². The molecule has 0 aliphatic carbocycles. The van der Waals surface area contributed by atoms with Crippen LogP contribution in [0, 0.1) is 0 Å². The summed E-state index contributed by atoms with van der Waals surface area (Å²) in [6, 6.07) is 13.9. The Morgan fingerprint density at radius 3 is 2.55 bits per heavy atom. The molecule has 1 aliphatic rings. The van der Waals surface area contributed by atoms with Crippen molar-refractivity contribution in [1.82, 2.24) is 9.88 Å². The average molecular weight is 297 g/mol. The SMILES string of the molecule is c1ccc(Nc2ccc(OCCN3CCCCC3)cc2)nc1. The van der Waals surface area contributed by atoms with Crippen LogP contribution in [0.25, 0.3) is 0 Å². The van der Waals surface area contributed by atoms with E-state index in [0.29, 0.717) is 0 Å². The van der Waals surface area contributed by atoms with Gasteiger partial charge in [0.15, 0.2) is 0 Å². The first-order valence-electron chi connectivity index (χ1n) is 8.03. The van der Waals surface area contributed by atoms with Crippen LogP contribution in [0.3, 0.4) is 0 Å². The molecule has 0 bridgehead atoms. The van der Waals surface area contributed by atoms with E-state index in [4.69, 9.17) is 4.74 Å². The van der Waals surface area contributed by atoms with E-state index < -0.39 is 0 Å². The molecule has 2 aromatic rings. The number of benzene rings is 1. The Balaban J connectivity index is 1.45. The third kappa shape index (κ3) is 4.46. The van der Waals surface area contributed by atoms with Crippen LogP contribution in [-0.4, -0.2) is 36.1 Å². The van der Waals surface area contributed by atoms with E-state index >= 15 is 0 Å². The third-order valence-corrected chi connectivity index (χ3v) is 3.92. The van der Waals surface area contributed by atoms with E-state index in [1.54, 1.807) is 6.20 Å². The Morgan fingerprint density at radius 1 is 1.00 bits per heavy atom. The van der Waals surface area contributed by atoms with Gasteiger partial charge >= 0.3 is 0 Å². The predicted molar refractivity (Wildman–Crippen MR) is 89.7 cm³/mol. The van der Waals surface area contributed by atoms with Gasteiger partial charge in [-0.15, -0.1) is 0 Å². The summed E-state index contributed by atoms with van der Waals surface area (Å²) in [6.45, 7) is 4.22. The molecule has 0 atom stereocenters. The number of nitrogens with one attached hydrogen (secondary N) is 1. The van der Waals surface area contributed by atoms with Crippen molar-refractivity contribution in [3.63, 3.8) is 0 Å². The number of nitrogens with zero attached hydrogens (tertiary/aromatic N) is 2. The van der Waals surface area contributed by atoms with Crippen LogP contribution in [0.5, 0.6) is 5.75 Å². The minimum absolute atomic E-state index is 0.757. The maximum absolute atomic E-state index is 5.83. The molecule has 1 saturated heterocycles. The van der Waals surface area contributed by atoms with Gasteiger partial charge in [0.05, 0.1) is 0 Å². The van der Waals surface area contributed by atoms with Crippen LogP contribution in [0.15, 0.2) is 48.7 Å². The Morgan fingerprint density at radius 2 is 1.82 bits per heavy atom. The van der Waals surface area contributed by atoms with Crippen molar-refractivity contribution >= 4 is 11.5 Å². The van der Waals surface area contributed by atoms with Crippen LogP contribution in [0.4, 0.5) is 11.5 Å². The fraction of sp³-hybridized carbons (Fsp3) is 0.389. The first kappa shape index (κ1) is 14.9. The largest absolute Gasteiger partial charge is 0.492 e. The molecule has 0 amide bonds. The Kier molecular flexibility index (Phi) is 5.27. The van der Waals surface area contributed by atoms with Crippen molar-refractivity contribution in [2.45, 2.75) is 19.3 Å². The van der Waals surface area contributed by atoms with Crippen LogP contribution in [0.2, 0.25) is 0 Å². The van der Waals surface area contributed by atoms with Crippen molar-refractivity contribution < 1.29 is 4.74 Å². The summed E-state index contributed by atoms with van der Waals surface area (Å²) in [5.41, 5.74) is 1.02. The second kappa shape index (κ2) is 7.80. The normalized spacial score (nSPS) is 15.5. The zero-order valence-corrected chi connectivity index (χ0v) is 12.9. The molecule has 1 aromatic heterocycles. The van der Waals surface area contributed by atoms with Gasteiger partial charge in [-0.1, -0.05) is 12.5 Å². The summed E-state index contributed by atoms with van der Waals surface area (Å²) >= 11 is 0. The van der Waals surface area contributed by atoms with Gasteiger partial charge in [0.1, 0.15) is 18.2 Å². The molecular weight excluding hydrogens is 274 g/mol. The molecule has 0 radical (unpaired) electrons. The first-order chi connectivity index (χ1) is 10.9. The van der Waals surface area contributed by atoms with E-state index in [9.17, 15) is 0 Å². The maximum Gasteiger partial charge on any atom is 0.130 e. The number of hydrogen-bond acceptors (Lipinski definition) is 4. The van der Waals surface area contributed by atoms with E-state index in [0.717, 1.165) is 30.4 Å². The van der Waals surface area contributed by atoms with Gasteiger partial charge in [0.2, 0.25) is 0 Å². The van der Waals surface area contributed by atoms with Gasteiger partial charge in [-0.05, 0) is 62.3 Å². The van der Waals surface area contributed by atoms with Crippen LogP contribution >= 0.6 is 0 Å². The minimum atomic E-state index is 0.757. The summed E-state index contributed by atoms with van der Waals surface area (Å²) < 4.78 is 5.83. The number of aromatic nitrogens is 1. The summed E-state index contributed by atoms with van der Waals surface area (Å²) in [5, 5.41) is 3.26. The van der Waals surface area contributed by atoms with E-state index in [-0.39, 0.29) is 0 Å². The van der Waals surface area contributed by atoms with Gasteiger partial charge in [0.25, 0.3) is 0 Å². The molecule has 1 aliphatic heterocycles. The summed E-state index contributed by atoms with van der Waals surface area (Å²) in [6.07, 6.45) is 5.81. The molecule has 1 fully saturated rings. The molecule has 0 unspecified atom stereocenters. The Hall–Kier alpha value is -2.07. The molecule has 1 aromatic carbocycles. The van der Waals surface area contributed by atoms with Crippen molar-refractivity contribution in [1.29, 1.82) is 0 Å². The lowest BCUT2D eigenvalue weighted by atomic mass is 10.1. The van der Waals surface area contributed by atoms with Crippen molar-refractivity contribution in [3.05, 3.63) is 48.7 Å². The van der Waals surface area contributed by atoms with Gasteiger partial charge in [-0.25, -0.2) is 4.98 Å². The molecule has 116 valence electrons. The lowest BCUT2D eigenvalue weighted by Crippen LogP contribution is -2.33. The quantitative estimate of drug-likeness (QED) is 0.882. The molecule has 22 heavy (non-hydrogen) atoms. The van der Waals surface area contributed by atoms with Gasteiger partial charge in [0, 0.05) is 18.4 Å². The molecule has 2 heterocycles. The van der Waals surface area contributed by atoms with E-state index in [2.05, 4.69) is 15.2 Å². The first-order valence-corrected chi connectivity index (χ1v) is 8.03. The number of piperidine rings is 1. The highest BCUT2D eigenvalue weighted by Gasteiger charge is 2.09. The van der Waals surface area contributed by atoms with Gasteiger partial charge in [-0.2, -0.15) is 0 Å². The van der Waals surface area contributed by atoms with Gasteiger partial charge in [-0.3, -0.25) is 4.90 Å². The lowest BCUT2D eigenvalue weighted by molar-refractivity contribution is 0.183. The number of anilines is 2. The number of hydrogen-bond donors (Lipinski definition) is 1. The average Bonchev–Trinajstić information content (AvgIpc) is 2.58. The van der Waals surface area contributed by atoms with Gasteiger partial charge < -0.3 is 10.1 Å². The van der Waals surface area contributed by atoms with Crippen LogP contribution in [0.1, 0.15) is 19.3 Å². The number of rotatable bonds is 6. The minimum Gasteiger partial charge on any atom is -0.492 e. The highest BCUT2D eigenvalue weighted by atomic mass is 16.5. The molecular formula is C18H23N3O. The van der Waals surface area contributed by atoms with Crippen molar-refractivity contribution in [2.75, 3.05) is 31.6 Å². The Bertz CT molecular complexity index is 550. The number of pyridine rings is 1.